The van der Waals surface area contributed by atoms with Crippen LogP contribution in [0.25, 0.3) is 0 Å². The second-order valence-electron chi connectivity index (χ2n) is 7.15. The minimum absolute atomic E-state index is 0.0321. The number of rotatable bonds is 3. The molecule has 1 aromatic rings. The van der Waals surface area contributed by atoms with Gasteiger partial charge in [0.05, 0.1) is 5.56 Å². The maximum atomic E-state index is 13.8. The van der Waals surface area contributed by atoms with Crippen molar-refractivity contribution >= 4 is 17.7 Å². The number of benzene rings is 1. The van der Waals surface area contributed by atoms with Crippen molar-refractivity contribution in [3.63, 3.8) is 0 Å². The fourth-order valence-electron chi connectivity index (χ4n) is 3.69. The number of nitrogens with zero attached hydrogens (tertiary/aromatic N) is 1. The molecule has 2 aliphatic rings. The summed E-state index contributed by atoms with van der Waals surface area (Å²) in [7, 11) is 0. The molecule has 3 amide bonds. The van der Waals surface area contributed by atoms with Gasteiger partial charge in [-0.2, -0.15) is 0 Å². The quantitative estimate of drug-likeness (QED) is 0.790. The van der Waals surface area contributed by atoms with E-state index in [4.69, 9.17) is 0 Å². The lowest BCUT2D eigenvalue weighted by Gasteiger charge is -2.31. The molecule has 1 saturated heterocycles. The van der Waals surface area contributed by atoms with E-state index in [1.165, 1.54) is 4.90 Å². The van der Waals surface area contributed by atoms with Crippen LogP contribution in [0.3, 0.4) is 0 Å². The first-order valence-electron chi connectivity index (χ1n) is 9.29. The van der Waals surface area contributed by atoms with Gasteiger partial charge in [0.2, 0.25) is 11.8 Å². The molecule has 1 aliphatic heterocycles. The Labute approximate surface area is 156 Å². The largest absolute Gasteiger partial charge is 0.339 e. The summed E-state index contributed by atoms with van der Waals surface area (Å²) in [6, 6.07) is 2.86. The predicted molar refractivity (Wildman–Crippen MR) is 93.2 cm³/mol. The number of halogens is 2. The van der Waals surface area contributed by atoms with Crippen LogP contribution in [0.5, 0.6) is 0 Å². The third-order valence-corrected chi connectivity index (χ3v) is 5.35. The van der Waals surface area contributed by atoms with Gasteiger partial charge in [-0.3, -0.25) is 25.2 Å². The van der Waals surface area contributed by atoms with E-state index in [1.807, 2.05) is 0 Å². The number of nitrogens with one attached hydrogen (secondary N) is 2. The molecule has 1 aromatic carbocycles. The van der Waals surface area contributed by atoms with Crippen LogP contribution in [0.1, 0.15) is 48.9 Å². The Morgan fingerprint density at radius 2 is 1.44 bits per heavy atom. The average molecular weight is 379 g/mol. The maximum absolute atomic E-state index is 13.8. The number of hydrazine groups is 1. The van der Waals surface area contributed by atoms with Crippen molar-refractivity contribution in [3.8, 4) is 0 Å². The molecule has 6 nitrogen and oxygen atoms in total. The van der Waals surface area contributed by atoms with Crippen molar-refractivity contribution in [1.82, 2.24) is 15.8 Å². The maximum Gasteiger partial charge on any atom is 0.256 e. The van der Waals surface area contributed by atoms with Gasteiger partial charge in [0.15, 0.2) is 0 Å². The van der Waals surface area contributed by atoms with Crippen molar-refractivity contribution in [3.05, 3.63) is 35.4 Å². The molecule has 1 saturated carbocycles. The number of amides is 3. The fourth-order valence-corrected chi connectivity index (χ4v) is 3.69. The Bertz CT molecular complexity index is 727. The van der Waals surface area contributed by atoms with E-state index >= 15 is 0 Å². The molecule has 146 valence electrons. The lowest BCUT2D eigenvalue weighted by atomic mass is 9.95. The molecule has 3 rings (SSSR count). The zero-order valence-electron chi connectivity index (χ0n) is 15.0. The van der Waals surface area contributed by atoms with Crippen molar-refractivity contribution in [2.24, 2.45) is 11.8 Å². The molecule has 0 aromatic heterocycles. The molecule has 1 heterocycles. The molecule has 8 heteroatoms. The number of hydrogen-bond acceptors (Lipinski definition) is 3. The number of hydrogen-bond donors (Lipinski definition) is 2. The highest BCUT2D eigenvalue weighted by Crippen LogP contribution is 2.24. The predicted octanol–water partition coefficient (Wildman–Crippen LogP) is 2.15. The summed E-state index contributed by atoms with van der Waals surface area (Å²) < 4.78 is 26.8. The van der Waals surface area contributed by atoms with Crippen LogP contribution in [-0.4, -0.2) is 35.7 Å². The molecule has 0 radical (unpaired) electrons. The van der Waals surface area contributed by atoms with Gasteiger partial charge >= 0.3 is 0 Å². The van der Waals surface area contributed by atoms with Gasteiger partial charge < -0.3 is 4.90 Å². The summed E-state index contributed by atoms with van der Waals surface area (Å²) in [5, 5.41) is 0. The Hall–Kier alpha value is -2.51. The fraction of sp³-hybridized carbons (Fsp3) is 0.526. The second kappa shape index (κ2) is 8.45. The van der Waals surface area contributed by atoms with Gasteiger partial charge in [0.1, 0.15) is 11.6 Å². The summed E-state index contributed by atoms with van der Waals surface area (Å²) in [6.45, 7) is 0.592. The first-order valence-corrected chi connectivity index (χ1v) is 9.29. The summed E-state index contributed by atoms with van der Waals surface area (Å²) in [5.74, 6) is -2.93. The zero-order valence-corrected chi connectivity index (χ0v) is 15.0. The zero-order chi connectivity index (χ0) is 19.4. The molecule has 0 unspecified atom stereocenters. The normalized spacial score (nSPS) is 18.4. The van der Waals surface area contributed by atoms with E-state index in [0.717, 1.165) is 37.8 Å². The van der Waals surface area contributed by atoms with E-state index in [2.05, 4.69) is 10.9 Å². The van der Waals surface area contributed by atoms with Crippen LogP contribution < -0.4 is 10.9 Å². The van der Waals surface area contributed by atoms with Gasteiger partial charge in [-0.05, 0) is 37.8 Å². The molecule has 0 bridgehead atoms. The lowest BCUT2D eigenvalue weighted by molar-refractivity contribution is -0.133. The first kappa shape index (κ1) is 19.3. The van der Waals surface area contributed by atoms with Crippen molar-refractivity contribution < 1.29 is 23.2 Å². The minimum Gasteiger partial charge on any atom is -0.339 e. The van der Waals surface area contributed by atoms with E-state index in [-0.39, 0.29) is 29.2 Å². The van der Waals surface area contributed by atoms with E-state index < -0.39 is 17.5 Å². The Balaban J connectivity index is 1.47. The highest BCUT2D eigenvalue weighted by Gasteiger charge is 2.30. The summed E-state index contributed by atoms with van der Waals surface area (Å²) in [4.78, 5) is 38.0. The average Bonchev–Trinajstić information content (AvgIpc) is 3.20. The van der Waals surface area contributed by atoms with Crippen LogP contribution in [0.2, 0.25) is 0 Å². The Kier molecular flexibility index (Phi) is 6.03. The van der Waals surface area contributed by atoms with Crippen molar-refractivity contribution in [1.29, 1.82) is 0 Å². The van der Waals surface area contributed by atoms with Gasteiger partial charge in [-0.15, -0.1) is 0 Å². The molecule has 27 heavy (non-hydrogen) atoms. The molecule has 0 atom stereocenters. The van der Waals surface area contributed by atoms with Crippen molar-refractivity contribution in [2.75, 3.05) is 13.1 Å². The number of carbonyl (C=O) groups excluding carboxylic acids is 3. The SMILES string of the molecule is O=C(NNC(=O)C1CCN(C(=O)c2ccc(F)cc2F)CC1)C1CCCC1. The van der Waals surface area contributed by atoms with E-state index in [9.17, 15) is 23.2 Å². The van der Waals surface area contributed by atoms with Gasteiger partial charge in [-0.25, -0.2) is 8.78 Å². The third kappa shape index (κ3) is 4.61. The van der Waals surface area contributed by atoms with Crippen LogP contribution in [0, 0.1) is 23.5 Å². The molecular formula is C19H23F2N3O3. The number of carbonyl (C=O) groups is 3. The second-order valence-corrected chi connectivity index (χ2v) is 7.15. The smallest absolute Gasteiger partial charge is 0.256 e. The number of piperidine rings is 1. The van der Waals surface area contributed by atoms with E-state index in [1.54, 1.807) is 0 Å². The van der Waals surface area contributed by atoms with Crippen LogP contribution in [0.4, 0.5) is 8.78 Å². The standard InChI is InChI=1S/C19H23F2N3O3/c20-14-5-6-15(16(21)11-14)19(27)24-9-7-13(8-10-24)18(26)23-22-17(25)12-3-1-2-4-12/h5-6,11-13H,1-4,7-10H2,(H,22,25)(H,23,26). The third-order valence-electron chi connectivity index (χ3n) is 5.35. The van der Waals surface area contributed by atoms with Crippen molar-refractivity contribution in [2.45, 2.75) is 38.5 Å². The number of likely N-dealkylation sites (tertiary alicyclic amines) is 1. The summed E-state index contributed by atoms with van der Waals surface area (Å²) in [5.41, 5.74) is 4.79. The highest BCUT2D eigenvalue weighted by atomic mass is 19.1. The first-order chi connectivity index (χ1) is 13.0. The topological polar surface area (TPSA) is 78.5 Å². The molecule has 0 spiro atoms. The minimum atomic E-state index is -0.894. The summed E-state index contributed by atoms with van der Waals surface area (Å²) >= 11 is 0. The monoisotopic (exact) mass is 379 g/mol. The highest BCUT2D eigenvalue weighted by molar-refractivity contribution is 5.94. The van der Waals surface area contributed by atoms with Gasteiger partial charge in [0, 0.05) is 31.0 Å². The van der Waals surface area contributed by atoms with Crippen LogP contribution in [0.15, 0.2) is 18.2 Å². The molecule has 1 aliphatic carbocycles. The van der Waals surface area contributed by atoms with Crippen LogP contribution in [-0.2, 0) is 9.59 Å². The van der Waals surface area contributed by atoms with Gasteiger partial charge in [-0.1, -0.05) is 12.8 Å². The summed E-state index contributed by atoms with van der Waals surface area (Å²) in [6.07, 6.45) is 4.60. The van der Waals surface area contributed by atoms with Gasteiger partial charge in [0.25, 0.3) is 5.91 Å². The molecule has 2 N–H and O–H groups in total. The Morgan fingerprint density at radius 1 is 0.889 bits per heavy atom. The van der Waals surface area contributed by atoms with E-state index in [0.29, 0.717) is 32.0 Å². The Morgan fingerprint density at radius 3 is 2.00 bits per heavy atom. The van der Waals surface area contributed by atoms with Crippen LogP contribution >= 0.6 is 0 Å². The molecule has 2 fully saturated rings. The molecular weight excluding hydrogens is 356 g/mol. The lowest BCUT2D eigenvalue weighted by Crippen LogP contribution is -2.49.